The van der Waals surface area contributed by atoms with Crippen molar-refractivity contribution in [1.82, 2.24) is 0 Å². The number of rotatable bonds is 4. The molecule has 1 aliphatic rings. The van der Waals surface area contributed by atoms with E-state index in [2.05, 4.69) is 5.32 Å². The maximum Gasteiger partial charge on any atom is 0.337 e. The van der Waals surface area contributed by atoms with Crippen molar-refractivity contribution in [3.63, 3.8) is 0 Å². The summed E-state index contributed by atoms with van der Waals surface area (Å²) >= 11 is 0. The van der Waals surface area contributed by atoms with Crippen molar-refractivity contribution < 1.29 is 24.2 Å². The Morgan fingerprint density at radius 3 is 2.77 bits per heavy atom. The van der Waals surface area contributed by atoms with Crippen molar-refractivity contribution in [2.24, 2.45) is 0 Å². The molecule has 0 radical (unpaired) electrons. The lowest BCUT2D eigenvalue weighted by molar-refractivity contribution is -0.121. The van der Waals surface area contributed by atoms with Crippen molar-refractivity contribution in [1.29, 1.82) is 0 Å². The molecule has 0 saturated carbocycles. The molecule has 0 spiro atoms. The number of para-hydroxylation sites is 1. The smallest absolute Gasteiger partial charge is 0.337 e. The molecule has 3 rings (SSSR count). The van der Waals surface area contributed by atoms with Crippen molar-refractivity contribution in [3.05, 3.63) is 59.7 Å². The number of aromatic carboxylic acids is 1. The highest BCUT2D eigenvalue weighted by molar-refractivity contribution is 6.06. The molecular weight excluding hydrogens is 336 g/mol. The Bertz CT molecular complexity index is 920. The van der Waals surface area contributed by atoms with Gasteiger partial charge in [-0.05, 0) is 35.9 Å². The molecular formula is C19H16N2O5. The summed E-state index contributed by atoms with van der Waals surface area (Å²) in [6.45, 7) is -0.0247. The minimum absolute atomic E-state index is 0.0177. The first-order chi connectivity index (χ1) is 12.5. The molecule has 7 heteroatoms. The normalized spacial score (nSPS) is 13.3. The topological polar surface area (TPSA) is 95.9 Å². The summed E-state index contributed by atoms with van der Waals surface area (Å²) in [5.41, 5.74) is 1.62. The molecule has 0 saturated heterocycles. The zero-order valence-electron chi connectivity index (χ0n) is 13.9. The van der Waals surface area contributed by atoms with E-state index in [9.17, 15) is 14.4 Å². The lowest BCUT2D eigenvalue weighted by Gasteiger charge is -2.25. The van der Waals surface area contributed by atoms with Crippen LogP contribution in [0.2, 0.25) is 0 Å². The third-order valence-corrected chi connectivity index (χ3v) is 3.91. The number of nitrogens with zero attached hydrogens (tertiary/aromatic N) is 1. The van der Waals surface area contributed by atoms with E-state index in [-0.39, 0.29) is 23.8 Å². The molecule has 2 aromatic rings. The second kappa shape index (κ2) is 7.10. The highest BCUT2D eigenvalue weighted by Crippen LogP contribution is 2.32. The Morgan fingerprint density at radius 1 is 1.23 bits per heavy atom. The van der Waals surface area contributed by atoms with Crippen LogP contribution in [0.4, 0.5) is 11.4 Å². The summed E-state index contributed by atoms with van der Waals surface area (Å²) in [6, 6.07) is 11.4. The first-order valence-electron chi connectivity index (χ1n) is 7.80. The average Bonchev–Trinajstić information content (AvgIpc) is 2.63. The van der Waals surface area contributed by atoms with Crippen LogP contribution in [0.5, 0.6) is 5.75 Å². The van der Waals surface area contributed by atoms with Crippen LogP contribution in [0.3, 0.4) is 0 Å². The highest BCUT2D eigenvalue weighted by Gasteiger charge is 2.21. The van der Waals surface area contributed by atoms with Gasteiger partial charge in [-0.15, -0.1) is 0 Å². The Labute approximate surface area is 149 Å². The second-order valence-electron chi connectivity index (χ2n) is 5.64. The van der Waals surface area contributed by atoms with Crippen LogP contribution in [-0.4, -0.2) is 36.5 Å². The van der Waals surface area contributed by atoms with Crippen molar-refractivity contribution in [2.75, 3.05) is 23.9 Å². The van der Waals surface area contributed by atoms with Gasteiger partial charge in [0.1, 0.15) is 5.75 Å². The Morgan fingerprint density at radius 2 is 2.00 bits per heavy atom. The minimum atomic E-state index is -1.12. The molecule has 2 aromatic carbocycles. The van der Waals surface area contributed by atoms with E-state index in [0.717, 1.165) is 0 Å². The number of carbonyl (C=O) groups excluding carboxylic acids is 2. The fraction of sp³-hybridized carbons (Fsp3) is 0.105. The van der Waals surface area contributed by atoms with E-state index in [4.69, 9.17) is 9.84 Å². The number of benzene rings is 2. The molecule has 26 heavy (non-hydrogen) atoms. The van der Waals surface area contributed by atoms with E-state index in [1.807, 2.05) is 0 Å². The van der Waals surface area contributed by atoms with Gasteiger partial charge in [-0.3, -0.25) is 9.59 Å². The fourth-order valence-corrected chi connectivity index (χ4v) is 2.52. The standard InChI is InChI=1S/C19H16N2O5/c1-21-15-8-6-12(10-16(15)26-11-18(21)23)7-9-17(22)20-14-5-3-2-4-13(14)19(24)25/h2-10H,11H2,1H3,(H,20,22)(H,24,25)/b9-7+. The van der Waals surface area contributed by atoms with E-state index in [1.165, 1.54) is 23.1 Å². The zero-order valence-corrected chi connectivity index (χ0v) is 13.9. The summed E-state index contributed by atoms with van der Waals surface area (Å²) in [6.07, 6.45) is 2.89. The maximum absolute atomic E-state index is 12.1. The Kier molecular flexibility index (Phi) is 4.70. The van der Waals surface area contributed by atoms with Gasteiger partial charge < -0.3 is 20.1 Å². The lowest BCUT2D eigenvalue weighted by Crippen LogP contribution is -2.35. The molecule has 7 nitrogen and oxygen atoms in total. The SMILES string of the molecule is CN1C(=O)COc2cc(/C=C/C(=O)Nc3ccccc3C(=O)O)ccc21. The quantitative estimate of drug-likeness (QED) is 0.824. The number of likely N-dealkylation sites (N-methyl/N-ethyl adjacent to an activating group) is 1. The number of ether oxygens (including phenoxy) is 1. The van der Waals surface area contributed by atoms with E-state index < -0.39 is 11.9 Å². The number of anilines is 2. The summed E-state index contributed by atoms with van der Waals surface area (Å²) in [4.78, 5) is 36.3. The third-order valence-electron chi connectivity index (χ3n) is 3.91. The van der Waals surface area contributed by atoms with Crippen molar-refractivity contribution >= 4 is 35.2 Å². The Hall–Kier alpha value is -3.61. The number of hydrogen-bond donors (Lipinski definition) is 2. The fourth-order valence-electron chi connectivity index (χ4n) is 2.52. The summed E-state index contributed by atoms with van der Waals surface area (Å²) in [5.74, 6) is -1.14. The molecule has 2 N–H and O–H groups in total. The first-order valence-corrected chi connectivity index (χ1v) is 7.80. The minimum Gasteiger partial charge on any atom is -0.482 e. The summed E-state index contributed by atoms with van der Waals surface area (Å²) < 4.78 is 5.40. The van der Waals surface area contributed by atoms with Crippen LogP contribution in [0.1, 0.15) is 15.9 Å². The molecule has 132 valence electrons. The van der Waals surface area contributed by atoms with E-state index in [1.54, 1.807) is 43.5 Å². The largest absolute Gasteiger partial charge is 0.482 e. The van der Waals surface area contributed by atoms with E-state index >= 15 is 0 Å². The molecule has 0 aliphatic carbocycles. The van der Waals surface area contributed by atoms with Crippen molar-refractivity contribution in [3.8, 4) is 5.75 Å². The summed E-state index contributed by atoms with van der Waals surface area (Å²) in [7, 11) is 1.67. The highest BCUT2D eigenvalue weighted by atomic mass is 16.5. The molecule has 1 heterocycles. The molecule has 0 fully saturated rings. The number of nitrogens with one attached hydrogen (secondary N) is 1. The van der Waals surface area contributed by atoms with Gasteiger partial charge in [0.2, 0.25) is 5.91 Å². The number of amides is 2. The van der Waals surface area contributed by atoms with Crippen LogP contribution in [0.15, 0.2) is 48.5 Å². The molecule has 1 aliphatic heterocycles. The van der Waals surface area contributed by atoms with Crippen LogP contribution in [-0.2, 0) is 9.59 Å². The molecule has 2 amide bonds. The zero-order chi connectivity index (χ0) is 18.7. The van der Waals surface area contributed by atoms with Crippen LogP contribution in [0, 0.1) is 0 Å². The number of carboxylic acids is 1. The predicted octanol–water partition coefficient (Wildman–Crippen LogP) is 2.39. The van der Waals surface area contributed by atoms with Crippen molar-refractivity contribution in [2.45, 2.75) is 0 Å². The van der Waals surface area contributed by atoms with Gasteiger partial charge >= 0.3 is 5.97 Å². The van der Waals surface area contributed by atoms with Gasteiger partial charge in [0.15, 0.2) is 6.61 Å². The first kappa shape index (κ1) is 17.2. The van der Waals surface area contributed by atoms with Crippen LogP contribution < -0.4 is 15.0 Å². The molecule has 0 unspecified atom stereocenters. The van der Waals surface area contributed by atoms with Crippen LogP contribution >= 0.6 is 0 Å². The summed E-state index contributed by atoms with van der Waals surface area (Å²) in [5, 5.41) is 11.7. The molecule has 0 aromatic heterocycles. The van der Waals surface area contributed by atoms with Gasteiger partial charge in [0, 0.05) is 13.1 Å². The average molecular weight is 352 g/mol. The van der Waals surface area contributed by atoms with Gasteiger partial charge in [0.25, 0.3) is 5.91 Å². The predicted molar refractivity (Wildman–Crippen MR) is 96.4 cm³/mol. The van der Waals surface area contributed by atoms with Gasteiger partial charge in [-0.1, -0.05) is 18.2 Å². The van der Waals surface area contributed by atoms with Crippen LogP contribution in [0.25, 0.3) is 6.08 Å². The number of fused-ring (bicyclic) bond motifs is 1. The monoisotopic (exact) mass is 352 g/mol. The number of hydrogen-bond acceptors (Lipinski definition) is 4. The lowest BCUT2D eigenvalue weighted by atomic mass is 10.1. The van der Waals surface area contributed by atoms with E-state index in [0.29, 0.717) is 17.0 Å². The van der Waals surface area contributed by atoms with Gasteiger partial charge in [-0.2, -0.15) is 0 Å². The van der Waals surface area contributed by atoms with Gasteiger partial charge in [-0.25, -0.2) is 4.79 Å². The molecule has 0 atom stereocenters. The molecule has 0 bridgehead atoms. The second-order valence-corrected chi connectivity index (χ2v) is 5.64. The third kappa shape index (κ3) is 3.56. The van der Waals surface area contributed by atoms with Gasteiger partial charge in [0.05, 0.1) is 16.9 Å². The number of carboxylic acid groups (broad SMARTS) is 1. The number of carbonyl (C=O) groups is 3. The maximum atomic E-state index is 12.1. The Balaban J connectivity index is 1.73.